The molecular weight excluding hydrogens is 138 g/mol. The van der Waals surface area contributed by atoms with Crippen molar-refractivity contribution in [3.63, 3.8) is 0 Å². The number of fused-ring (bicyclic) bond motifs is 1. The Labute approximate surface area is 65.0 Å². The van der Waals surface area contributed by atoms with E-state index in [1.54, 1.807) is 0 Å². The Morgan fingerprint density at radius 2 is 2.09 bits per heavy atom. The van der Waals surface area contributed by atoms with Crippen molar-refractivity contribution >= 4 is 0 Å². The minimum Gasteiger partial charge on any atom is -0.460 e. The minimum atomic E-state index is 0.459. The molecule has 0 fully saturated rings. The fourth-order valence-electron chi connectivity index (χ4n) is 1.12. The SMILES string of the molecule is NCc1ccc2cccc-2o1. The Balaban J connectivity index is 2.59. The van der Waals surface area contributed by atoms with Crippen LogP contribution in [0.15, 0.2) is 34.7 Å². The van der Waals surface area contributed by atoms with Gasteiger partial charge in [-0.1, -0.05) is 12.1 Å². The highest BCUT2D eigenvalue weighted by Crippen LogP contribution is 2.23. The van der Waals surface area contributed by atoms with Crippen molar-refractivity contribution in [3.05, 3.63) is 36.1 Å². The smallest absolute Gasteiger partial charge is 0.134 e. The third kappa shape index (κ3) is 1.01. The Kier molecular flexibility index (Phi) is 1.40. The molecule has 0 radical (unpaired) electrons. The standard InChI is InChI=1S/C9H9NO/c10-6-8-5-4-7-2-1-3-9(7)11-8/h1-5H,6,10H2. The fraction of sp³-hybridized carbons (Fsp3) is 0.111. The average molecular weight is 147 g/mol. The summed E-state index contributed by atoms with van der Waals surface area (Å²) in [7, 11) is 0. The summed E-state index contributed by atoms with van der Waals surface area (Å²) < 4.78 is 5.43. The first-order valence-corrected chi connectivity index (χ1v) is 3.57. The van der Waals surface area contributed by atoms with Crippen LogP contribution in [0.5, 0.6) is 0 Å². The van der Waals surface area contributed by atoms with E-state index in [2.05, 4.69) is 0 Å². The van der Waals surface area contributed by atoms with Gasteiger partial charge in [0.15, 0.2) is 0 Å². The maximum atomic E-state index is 5.43. The van der Waals surface area contributed by atoms with Crippen molar-refractivity contribution in [3.8, 4) is 11.3 Å². The maximum absolute atomic E-state index is 5.43. The molecule has 0 unspecified atom stereocenters. The van der Waals surface area contributed by atoms with Crippen molar-refractivity contribution in [2.75, 3.05) is 0 Å². The molecule has 11 heavy (non-hydrogen) atoms. The van der Waals surface area contributed by atoms with E-state index in [0.29, 0.717) is 6.54 Å². The predicted molar refractivity (Wildman–Crippen MR) is 43.2 cm³/mol. The molecule has 0 atom stereocenters. The molecule has 56 valence electrons. The quantitative estimate of drug-likeness (QED) is 0.668. The molecule has 1 aliphatic carbocycles. The normalized spacial score (nSPS) is 10.6. The molecule has 2 aliphatic rings. The second-order valence-corrected chi connectivity index (χ2v) is 2.45. The van der Waals surface area contributed by atoms with Crippen LogP contribution in [-0.2, 0) is 6.54 Å². The largest absolute Gasteiger partial charge is 0.460 e. The van der Waals surface area contributed by atoms with Crippen molar-refractivity contribution in [1.29, 1.82) is 0 Å². The molecule has 1 aliphatic heterocycles. The topological polar surface area (TPSA) is 39.2 Å². The molecule has 0 bridgehead atoms. The predicted octanol–water partition coefficient (Wildman–Crippen LogP) is 1.84. The van der Waals surface area contributed by atoms with Gasteiger partial charge in [0.25, 0.3) is 0 Å². The number of hydrogen-bond donors (Lipinski definition) is 1. The Morgan fingerprint density at radius 1 is 1.18 bits per heavy atom. The van der Waals surface area contributed by atoms with Crippen LogP contribution in [0.1, 0.15) is 5.76 Å². The molecule has 0 saturated carbocycles. The first-order chi connectivity index (χ1) is 5.40. The number of hydrogen-bond acceptors (Lipinski definition) is 2. The van der Waals surface area contributed by atoms with Crippen LogP contribution in [0, 0.1) is 0 Å². The zero-order chi connectivity index (χ0) is 7.68. The van der Waals surface area contributed by atoms with Crippen molar-refractivity contribution in [2.45, 2.75) is 6.54 Å². The van der Waals surface area contributed by atoms with Gasteiger partial charge in [-0.25, -0.2) is 0 Å². The summed E-state index contributed by atoms with van der Waals surface area (Å²) in [5.74, 6) is 1.73. The lowest BCUT2D eigenvalue weighted by Crippen LogP contribution is -1.95. The molecule has 0 saturated heterocycles. The van der Waals surface area contributed by atoms with Crippen molar-refractivity contribution in [2.24, 2.45) is 5.73 Å². The molecule has 2 rings (SSSR count). The molecule has 0 aromatic rings. The van der Waals surface area contributed by atoms with Crippen LogP contribution in [-0.4, -0.2) is 0 Å². The van der Waals surface area contributed by atoms with Gasteiger partial charge in [0, 0.05) is 5.56 Å². The monoisotopic (exact) mass is 147 g/mol. The highest BCUT2D eigenvalue weighted by Gasteiger charge is 2.03. The molecule has 2 nitrogen and oxygen atoms in total. The van der Waals surface area contributed by atoms with Crippen LogP contribution >= 0.6 is 0 Å². The molecule has 2 N–H and O–H groups in total. The van der Waals surface area contributed by atoms with Crippen LogP contribution in [0.4, 0.5) is 0 Å². The number of rotatable bonds is 1. The lowest BCUT2D eigenvalue weighted by Gasteiger charge is -2.00. The highest BCUT2D eigenvalue weighted by atomic mass is 16.3. The van der Waals surface area contributed by atoms with Crippen LogP contribution in [0.25, 0.3) is 11.3 Å². The zero-order valence-corrected chi connectivity index (χ0v) is 6.08. The summed E-state index contributed by atoms with van der Waals surface area (Å²) >= 11 is 0. The molecule has 1 heterocycles. The maximum Gasteiger partial charge on any atom is 0.134 e. The van der Waals surface area contributed by atoms with E-state index in [1.807, 2.05) is 30.3 Å². The lowest BCUT2D eigenvalue weighted by atomic mass is 10.2. The summed E-state index contributed by atoms with van der Waals surface area (Å²) in [6.45, 7) is 0.459. The molecule has 0 aromatic carbocycles. The fourth-order valence-corrected chi connectivity index (χ4v) is 1.12. The second-order valence-electron chi connectivity index (χ2n) is 2.45. The van der Waals surface area contributed by atoms with E-state index >= 15 is 0 Å². The zero-order valence-electron chi connectivity index (χ0n) is 6.08. The van der Waals surface area contributed by atoms with E-state index in [4.69, 9.17) is 10.2 Å². The van der Waals surface area contributed by atoms with Gasteiger partial charge >= 0.3 is 0 Å². The van der Waals surface area contributed by atoms with E-state index in [-0.39, 0.29) is 0 Å². The summed E-state index contributed by atoms with van der Waals surface area (Å²) in [5, 5.41) is 0. The van der Waals surface area contributed by atoms with Gasteiger partial charge in [-0.15, -0.1) is 0 Å². The first-order valence-electron chi connectivity index (χ1n) is 3.57. The third-order valence-corrected chi connectivity index (χ3v) is 1.70. The van der Waals surface area contributed by atoms with E-state index in [1.165, 1.54) is 0 Å². The van der Waals surface area contributed by atoms with Gasteiger partial charge in [-0.2, -0.15) is 0 Å². The minimum absolute atomic E-state index is 0.459. The molecule has 0 aromatic heterocycles. The summed E-state index contributed by atoms with van der Waals surface area (Å²) in [5.41, 5.74) is 6.54. The summed E-state index contributed by atoms with van der Waals surface area (Å²) in [6, 6.07) is 9.84. The van der Waals surface area contributed by atoms with Crippen LogP contribution in [0.3, 0.4) is 0 Å². The average Bonchev–Trinajstić information content (AvgIpc) is 2.50. The second kappa shape index (κ2) is 2.40. The van der Waals surface area contributed by atoms with Crippen molar-refractivity contribution in [1.82, 2.24) is 0 Å². The molecule has 0 spiro atoms. The molecule has 0 amide bonds. The van der Waals surface area contributed by atoms with Crippen LogP contribution in [0.2, 0.25) is 0 Å². The van der Waals surface area contributed by atoms with Gasteiger partial charge in [0.1, 0.15) is 11.5 Å². The van der Waals surface area contributed by atoms with Crippen LogP contribution < -0.4 is 5.73 Å². The highest BCUT2D eigenvalue weighted by molar-refractivity contribution is 5.59. The lowest BCUT2D eigenvalue weighted by molar-refractivity contribution is 0.509. The first kappa shape index (κ1) is 6.43. The summed E-state index contributed by atoms with van der Waals surface area (Å²) in [6.07, 6.45) is 0. The van der Waals surface area contributed by atoms with Gasteiger partial charge in [0.2, 0.25) is 0 Å². The van der Waals surface area contributed by atoms with Gasteiger partial charge in [-0.05, 0) is 18.2 Å². The van der Waals surface area contributed by atoms with Gasteiger partial charge in [-0.3, -0.25) is 0 Å². The van der Waals surface area contributed by atoms with E-state index in [0.717, 1.165) is 17.1 Å². The third-order valence-electron chi connectivity index (χ3n) is 1.70. The Hall–Kier alpha value is -1.28. The summed E-state index contributed by atoms with van der Waals surface area (Å²) in [4.78, 5) is 0. The molecule has 2 heteroatoms. The van der Waals surface area contributed by atoms with Gasteiger partial charge < -0.3 is 10.2 Å². The van der Waals surface area contributed by atoms with Crippen molar-refractivity contribution < 1.29 is 4.42 Å². The molecular formula is C9H9NO. The Bertz CT molecular complexity index is 326. The van der Waals surface area contributed by atoms with Gasteiger partial charge in [0.05, 0.1) is 6.54 Å². The van der Waals surface area contributed by atoms with E-state index in [9.17, 15) is 0 Å². The van der Waals surface area contributed by atoms with E-state index < -0.39 is 0 Å². The Morgan fingerprint density at radius 3 is 2.91 bits per heavy atom. The number of nitrogens with two attached hydrogens (primary N) is 1.